The van der Waals surface area contributed by atoms with Gasteiger partial charge in [-0.05, 0) is 38.9 Å². The first-order chi connectivity index (χ1) is 10.2. The van der Waals surface area contributed by atoms with E-state index in [1.54, 1.807) is 0 Å². The fraction of sp³-hybridized carbons (Fsp3) is 0.588. The Morgan fingerprint density at radius 1 is 1.43 bits per heavy atom. The van der Waals surface area contributed by atoms with Gasteiger partial charge in [0.2, 0.25) is 0 Å². The number of nitrogens with zero attached hydrogens (tertiary/aromatic N) is 2. The van der Waals surface area contributed by atoms with Gasteiger partial charge in [0.05, 0.1) is 6.07 Å². The van der Waals surface area contributed by atoms with E-state index in [1.807, 2.05) is 19.2 Å². The van der Waals surface area contributed by atoms with Gasteiger partial charge in [-0.25, -0.2) is 0 Å². The van der Waals surface area contributed by atoms with E-state index in [-0.39, 0.29) is 5.54 Å². The highest BCUT2D eigenvalue weighted by Gasteiger charge is 2.25. The summed E-state index contributed by atoms with van der Waals surface area (Å²) >= 11 is 0. The Morgan fingerprint density at radius 2 is 2.24 bits per heavy atom. The SMILES string of the molecule is CCC(C#N)(CCCN1CCOc2ccccc2C1)NC. The Bertz CT molecular complexity index is 491. The van der Waals surface area contributed by atoms with E-state index in [2.05, 4.69) is 35.3 Å². The molecule has 0 amide bonds. The normalized spacial score (nSPS) is 18.0. The van der Waals surface area contributed by atoms with Crippen molar-refractivity contribution < 1.29 is 4.74 Å². The van der Waals surface area contributed by atoms with E-state index >= 15 is 0 Å². The van der Waals surface area contributed by atoms with Crippen molar-refractivity contribution in [3.8, 4) is 11.8 Å². The number of para-hydroxylation sites is 1. The van der Waals surface area contributed by atoms with Crippen molar-refractivity contribution in [3.63, 3.8) is 0 Å². The van der Waals surface area contributed by atoms with Gasteiger partial charge in [-0.1, -0.05) is 25.1 Å². The molecule has 21 heavy (non-hydrogen) atoms. The first-order valence-electron chi connectivity index (χ1n) is 7.76. The van der Waals surface area contributed by atoms with Crippen molar-refractivity contribution in [1.82, 2.24) is 10.2 Å². The molecule has 1 heterocycles. The quantitative estimate of drug-likeness (QED) is 0.873. The van der Waals surface area contributed by atoms with E-state index in [0.717, 1.165) is 51.3 Å². The van der Waals surface area contributed by atoms with E-state index in [4.69, 9.17) is 4.74 Å². The predicted molar refractivity (Wildman–Crippen MR) is 84.1 cm³/mol. The number of ether oxygens (including phenoxy) is 1. The lowest BCUT2D eigenvalue weighted by molar-refractivity contribution is 0.216. The molecular formula is C17H25N3O. The molecule has 1 aromatic rings. The largest absolute Gasteiger partial charge is 0.492 e. The van der Waals surface area contributed by atoms with Gasteiger partial charge in [0.25, 0.3) is 0 Å². The van der Waals surface area contributed by atoms with Crippen LogP contribution in [0.1, 0.15) is 31.7 Å². The second-order valence-electron chi connectivity index (χ2n) is 5.63. The summed E-state index contributed by atoms with van der Waals surface area (Å²) in [4.78, 5) is 2.42. The maximum Gasteiger partial charge on any atom is 0.123 e. The number of nitriles is 1. The molecule has 1 aromatic carbocycles. The fourth-order valence-corrected chi connectivity index (χ4v) is 2.84. The maximum absolute atomic E-state index is 9.34. The van der Waals surface area contributed by atoms with E-state index in [0.29, 0.717) is 0 Å². The molecule has 0 radical (unpaired) electrons. The van der Waals surface area contributed by atoms with Crippen LogP contribution in [0.25, 0.3) is 0 Å². The molecule has 0 aromatic heterocycles. The first-order valence-corrected chi connectivity index (χ1v) is 7.76. The molecule has 0 saturated heterocycles. The molecule has 1 unspecified atom stereocenters. The summed E-state index contributed by atoms with van der Waals surface area (Å²) in [6, 6.07) is 10.7. The van der Waals surface area contributed by atoms with Crippen LogP contribution in [0.2, 0.25) is 0 Å². The number of benzene rings is 1. The topological polar surface area (TPSA) is 48.3 Å². The Morgan fingerprint density at radius 3 is 2.95 bits per heavy atom. The molecule has 114 valence electrons. The van der Waals surface area contributed by atoms with Crippen molar-refractivity contribution >= 4 is 0 Å². The molecule has 2 rings (SSSR count). The van der Waals surface area contributed by atoms with Gasteiger partial charge in [-0.3, -0.25) is 4.90 Å². The Hall–Kier alpha value is -1.57. The maximum atomic E-state index is 9.34. The van der Waals surface area contributed by atoms with Gasteiger partial charge in [0.1, 0.15) is 17.9 Å². The van der Waals surface area contributed by atoms with Crippen molar-refractivity contribution in [1.29, 1.82) is 5.26 Å². The summed E-state index contributed by atoms with van der Waals surface area (Å²) in [5.41, 5.74) is 0.880. The van der Waals surface area contributed by atoms with E-state index < -0.39 is 0 Å². The second-order valence-corrected chi connectivity index (χ2v) is 5.63. The molecule has 0 fully saturated rings. The van der Waals surface area contributed by atoms with Crippen molar-refractivity contribution in [2.24, 2.45) is 0 Å². The third-order valence-electron chi connectivity index (χ3n) is 4.41. The van der Waals surface area contributed by atoms with Crippen LogP contribution in [0.15, 0.2) is 24.3 Å². The van der Waals surface area contributed by atoms with E-state index in [1.165, 1.54) is 5.56 Å². The molecule has 1 aliphatic heterocycles. The zero-order valence-electron chi connectivity index (χ0n) is 13.1. The number of hydrogen-bond donors (Lipinski definition) is 1. The second kappa shape index (κ2) is 7.44. The Kier molecular flexibility index (Phi) is 5.60. The number of fused-ring (bicyclic) bond motifs is 1. The van der Waals surface area contributed by atoms with Crippen LogP contribution in [0, 0.1) is 11.3 Å². The minimum atomic E-state index is -0.375. The Balaban J connectivity index is 1.88. The summed E-state index contributed by atoms with van der Waals surface area (Å²) in [5.74, 6) is 1.01. The minimum absolute atomic E-state index is 0.375. The third-order valence-corrected chi connectivity index (χ3v) is 4.41. The molecule has 0 spiro atoms. The van der Waals surface area contributed by atoms with Crippen LogP contribution in [0.5, 0.6) is 5.75 Å². The molecule has 0 aliphatic carbocycles. The van der Waals surface area contributed by atoms with Crippen LogP contribution in [-0.4, -0.2) is 37.2 Å². The van der Waals surface area contributed by atoms with Crippen LogP contribution in [0.4, 0.5) is 0 Å². The number of hydrogen-bond acceptors (Lipinski definition) is 4. The van der Waals surface area contributed by atoms with E-state index in [9.17, 15) is 5.26 Å². The lowest BCUT2D eigenvalue weighted by Crippen LogP contribution is -2.41. The smallest absolute Gasteiger partial charge is 0.123 e. The summed E-state index contributed by atoms with van der Waals surface area (Å²) in [5, 5.41) is 12.5. The van der Waals surface area contributed by atoms with Gasteiger partial charge >= 0.3 is 0 Å². The van der Waals surface area contributed by atoms with Gasteiger partial charge in [-0.15, -0.1) is 0 Å². The summed E-state index contributed by atoms with van der Waals surface area (Å²) in [6.45, 7) is 5.68. The molecular weight excluding hydrogens is 262 g/mol. The summed E-state index contributed by atoms with van der Waals surface area (Å²) < 4.78 is 5.78. The first kappa shape index (κ1) is 15.8. The zero-order chi connectivity index (χ0) is 15.1. The van der Waals surface area contributed by atoms with Gasteiger partial charge < -0.3 is 10.1 Å². The molecule has 1 N–H and O–H groups in total. The lowest BCUT2D eigenvalue weighted by atomic mass is 9.92. The highest BCUT2D eigenvalue weighted by molar-refractivity contribution is 5.33. The van der Waals surface area contributed by atoms with Crippen molar-refractivity contribution in [3.05, 3.63) is 29.8 Å². The average molecular weight is 287 g/mol. The van der Waals surface area contributed by atoms with Crippen molar-refractivity contribution in [2.45, 2.75) is 38.3 Å². The molecule has 1 atom stereocenters. The van der Waals surface area contributed by atoms with Crippen molar-refractivity contribution in [2.75, 3.05) is 26.7 Å². The highest BCUT2D eigenvalue weighted by atomic mass is 16.5. The van der Waals surface area contributed by atoms with Gasteiger partial charge in [0, 0.05) is 18.7 Å². The number of nitrogens with one attached hydrogen (secondary N) is 1. The number of rotatable bonds is 6. The lowest BCUT2D eigenvalue weighted by Gasteiger charge is -2.26. The molecule has 1 aliphatic rings. The van der Waals surface area contributed by atoms with Crippen LogP contribution < -0.4 is 10.1 Å². The Labute approximate surface area is 127 Å². The molecule has 4 nitrogen and oxygen atoms in total. The van der Waals surface area contributed by atoms with Crippen LogP contribution >= 0.6 is 0 Å². The predicted octanol–water partition coefficient (Wildman–Crippen LogP) is 2.55. The monoisotopic (exact) mass is 287 g/mol. The van der Waals surface area contributed by atoms with Gasteiger partial charge in [-0.2, -0.15) is 5.26 Å². The zero-order valence-corrected chi connectivity index (χ0v) is 13.1. The fourth-order valence-electron chi connectivity index (χ4n) is 2.84. The molecule has 0 bridgehead atoms. The third kappa shape index (κ3) is 3.96. The van der Waals surface area contributed by atoms with Gasteiger partial charge in [0.15, 0.2) is 0 Å². The summed E-state index contributed by atoms with van der Waals surface area (Å²) in [6.07, 6.45) is 2.74. The highest BCUT2D eigenvalue weighted by Crippen LogP contribution is 2.23. The summed E-state index contributed by atoms with van der Waals surface area (Å²) in [7, 11) is 1.88. The van der Waals surface area contributed by atoms with Crippen LogP contribution in [0.3, 0.4) is 0 Å². The minimum Gasteiger partial charge on any atom is -0.492 e. The average Bonchev–Trinajstić information content (AvgIpc) is 2.74. The van der Waals surface area contributed by atoms with Crippen LogP contribution in [-0.2, 0) is 6.54 Å². The standard InChI is InChI=1S/C17H25N3O/c1-3-17(14-18,19-2)9-6-10-20-11-12-21-16-8-5-4-7-15(16)13-20/h4-5,7-8,19H,3,6,9-13H2,1-2H3. The molecule has 4 heteroatoms. The molecule has 0 saturated carbocycles.